The van der Waals surface area contributed by atoms with Crippen molar-refractivity contribution in [2.24, 2.45) is 11.1 Å². The normalized spacial score (nSPS) is 20.8. The van der Waals surface area contributed by atoms with Crippen molar-refractivity contribution in [2.45, 2.75) is 25.7 Å². The van der Waals surface area contributed by atoms with Gasteiger partial charge < -0.3 is 15.2 Å². The molecule has 1 saturated carbocycles. The highest BCUT2D eigenvalue weighted by Crippen LogP contribution is 2.37. The Bertz CT molecular complexity index is 133. The Morgan fingerprint density at radius 1 is 1.23 bits per heavy atom. The molecule has 13 heavy (non-hydrogen) atoms. The lowest BCUT2D eigenvalue weighted by Gasteiger charge is -2.26. The molecule has 0 unspecified atom stereocenters. The van der Waals surface area contributed by atoms with Gasteiger partial charge in [-0.15, -0.1) is 0 Å². The van der Waals surface area contributed by atoms with Crippen LogP contribution < -0.4 is 5.73 Å². The van der Waals surface area contributed by atoms with Gasteiger partial charge in [-0.2, -0.15) is 0 Å². The fraction of sp³-hybridized carbons (Fsp3) is 1.00. The Balaban J connectivity index is 2.16. The summed E-state index contributed by atoms with van der Waals surface area (Å²) in [4.78, 5) is 0. The molecule has 1 rings (SSSR count). The van der Waals surface area contributed by atoms with E-state index in [1.165, 1.54) is 25.7 Å². The molecule has 0 aromatic rings. The molecule has 2 N–H and O–H groups in total. The fourth-order valence-corrected chi connectivity index (χ4v) is 1.96. The number of methoxy groups -OCH3 is 1. The predicted molar refractivity (Wildman–Crippen MR) is 52.7 cm³/mol. The minimum absolute atomic E-state index is 0.285. The standard InChI is InChI=1S/C10H21NO2/c1-12-6-7-13-9-10(8-11)4-2-3-5-10/h2-9,11H2,1H3. The second-order valence-electron chi connectivity index (χ2n) is 3.96. The summed E-state index contributed by atoms with van der Waals surface area (Å²) in [5.74, 6) is 0. The third kappa shape index (κ3) is 3.25. The maximum absolute atomic E-state index is 5.77. The average Bonchev–Trinajstić information content (AvgIpc) is 2.62. The molecular weight excluding hydrogens is 166 g/mol. The lowest BCUT2D eigenvalue weighted by atomic mass is 9.87. The molecule has 1 aliphatic carbocycles. The SMILES string of the molecule is COCCOCC1(CN)CCCC1. The molecule has 0 spiro atoms. The first-order chi connectivity index (χ1) is 6.33. The van der Waals surface area contributed by atoms with E-state index in [9.17, 15) is 0 Å². The van der Waals surface area contributed by atoms with Gasteiger partial charge in [0.15, 0.2) is 0 Å². The van der Waals surface area contributed by atoms with Crippen molar-refractivity contribution < 1.29 is 9.47 Å². The van der Waals surface area contributed by atoms with Crippen molar-refractivity contribution in [2.75, 3.05) is 33.5 Å². The highest BCUT2D eigenvalue weighted by Gasteiger charge is 2.32. The van der Waals surface area contributed by atoms with Crippen LogP contribution in [0.2, 0.25) is 0 Å². The number of rotatable bonds is 6. The zero-order valence-corrected chi connectivity index (χ0v) is 8.55. The van der Waals surface area contributed by atoms with E-state index in [1.54, 1.807) is 7.11 Å². The maximum atomic E-state index is 5.77. The van der Waals surface area contributed by atoms with Crippen LogP contribution in [0.15, 0.2) is 0 Å². The topological polar surface area (TPSA) is 44.5 Å². The van der Waals surface area contributed by atoms with E-state index >= 15 is 0 Å². The Morgan fingerprint density at radius 3 is 2.46 bits per heavy atom. The Morgan fingerprint density at radius 2 is 1.92 bits per heavy atom. The smallest absolute Gasteiger partial charge is 0.0700 e. The van der Waals surface area contributed by atoms with Gasteiger partial charge in [-0.1, -0.05) is 12.8 Å². The van der Waals surface area contributed by atoms with E-state index in [0.29, 0.717) is 13.2 Å². The van der Waals surface area contributed by atoms with E-state index in [2.05, 4.69) is 0 Å². The molecule has 0 heterocycles. The zero-order valence-electron chi connectivity index (χ0n) is 8.55. The first-order valence-electron chi connectivity index (χ1n) is 5.10. The van der Waals surface area contributed by atoms with Crippen LogP contribution in [0.25, 0.3) is 0 Å². The van der Waals surface area contributed by atoms with Gasteiger partial charge in [0.05, 0.1) is 19.8 Å². The molecule has 0 aromatic heterocycles. The van der Waals surface area contributed by atoms with Crippen LogP contribution in [0.3, 0.4) is 0 Å². The van der Waals surface area contributed by atoms with Crippen molar-refractivity contribution in [1.29, 1.82) is 0 Å². The molecule has 0 atom stereocenters. The van der Waals surface area contributed by atoms with Crippen LogP contribution in [-0.2, 0) is 9.47 Å². The van der Waals surface area contributed by atoms with Gasteiger partial charge in [0.25, 0.3) is 0 Å². The lowest BCUT2D eigenvalue weighted by Crippen LogP contribution is -2.32. The molecule has 0 radical (unpaired) electrons. The van der Waals surface area contributed by atoms with Crippen LogP contribution in [0, 0.1) is 5.41 Å². The summed E-state index contributed by atoms with van der Waals surface area (Å²) in [6.07, 6.45) is 5.09. The number of ether oxygens (including phenoxy) is 2. The summed E-state index contributed by atoms with van der Waals surface area (Å²) < 4.78 is 10.5. The molecule has 0 amide bonds. The van der Waals surface area contributed by atoms with E-state index in [0.717, 1.165) is 13.2 Å². The fourth-order valence-electron chi connectivity index (χ4n) is 1.96. The first kappa shape index (κ1) is 11.0. The Kier molecular flexibility index (Phi) is 4.70. The van der Waals surface area contributed by atoms with Gasteiger partial charge in [0.1, 0.15) is 0 Å². The highest BCUT2D eigenvalue weighted by atomic mass is 16.5. The Hall–Kier alpha value is -0.120. The van der Waals surface area contributed by atoms with E-state index in [-0.39, 0.29) is 5.41 Å². The van der Waals surface area contributed by atoms with Gasteiger partial charge in [0, 0.05) is 19.1 Å². The quantitative estimate of drug-likeness (QED) is 0.635. The van der Waals surface area contributed by atoms with Crippen molar-refractivity contribution >= 4 is 0 Å². The van der Waals surface area contributed by atoms with E-state index in [4.69, 9.17) is 15.2 Å². The maximum Gasteiger partial charge on any atom is 0.0700 e. The van der Waals surface area contributed by atoms with Crippen molar-refractivity contribution in [3.63, 3.8) is 0 Å². The minimum Gasteiger partial charge on any atom is -0.382 e. The third-order valence-corrected chi connectivity index (χ3v) is 2.94. The summed E-state index contributed by atoms with van der Waals surface area (Å²) in [6, 6.07) is 0. The molecule has 0 bridgehead atoms. The van der Waals surface area contributed by atoms with Crippen LogP contribution in [0.5, 0.6) is 0 Å². The van der Waals surface area contributed by atoms with Gasteiger partial charge in [-0.05, 0) is 12.8 Å². The number of hydrogen-bond donors (Lipinski definition) is 1. The van der Waals surface area contributed by atoms with Crippen LogP contribution in [-0.4, -0.2) is 33.5 Å². The van der Waals surface area contributed by atoms with E-state index in [1.807, 2.05) is 0 Å². The van der Waals surface area contributed by atoms with Crippen LogP contribution in [0.4, 0.5) is 0 Å². The second-order valence-corrected chi connectivity index (χ2v) is 3.96. The van der Waals surface area contributed by atoms with Crippen LogP contribution in [0.1, 0.15) is 25.7 Å². The van der Waals surface area contributed by atoms with Crippen molar-refractivity contribution in [3.05, 3.63) is 0 Å². The largest absolute Gasteiger partial charge is 0.382 e. The van der Waals surface area contributed by atoms with Crippen molar-refractivity contribution in [3.8, 4) is 0 Å². The molecule has 3 heteroatoms. The molecule has 78 valence electrons. The molecule has 0 saturated heterocycles. The first-order valence-corrected chi connectivity index (χ1v) is 5.10. The predicted octanol–water partition coefficient (Wildman–Crippen LogP) is 1.17. The lowest BCUT2D eigenvalue weighted by molar-refractivity contribution is 0.0203. The van der Waals surface area contributed by atoms with Gasteiger partial charge in [0.2, 0.25) is 0 Å². The summed E-state index contributed by atoms with van der Waals surface area (Å²) in [5, 5.41) is 0. The van der Waals surface area contributed by atoms with E-state index < -0.39 is 0 Å². The van der Waals surface area contributed by atoms with Gasteiger partial charge in [-0.3, -0.25) is 0 Å². The van der Waals surface area contributed by atoms with Crippen molar-refractivity contribution in [1.82, 2.24) is 0 Å². The number of nitrogens with two attached hydrogens (primary N) is 1. The highest BCUT2D eigenvalue weighted by molar-refractivity contribution is 4.85. The molecule has 1 fully saturated rings. The minimum atomic E-state index is 0.285. The monoisotopic (exact) mass is 187 g/mol. The van der Waals surface area contributed by atoms with Crippen LogP contribution >= 0.6 is 0 Å². The summed E-state index contributed by atoms with van der Waals surface area (Å²) in [7, 11) is 1.69. The number of hydrogen-bond acceptors (Lipinski definition) is 3. The zero-order chi connectivity index (χ0) is 9.57. The Labute approximate surface area is 80.6 Å². The third-order valence-electron chi connectivity index (χ3n) is 2.94. The summed E-state index contributed by atoms with van der Waals surface area (Å²) in [5.41, 5.74) is 6.06. The molecule has 0 aliphatic heterocycles. The molecule has 0 aromatic carbocycles. The summed E-state index contributed by atoms with van der Waals surface area (Å²) in [6.45, 7) is 2.95. The second kappa shape index (κ2) is 5.58. The molecule has 1 aliphatic rings. The van der Waals surface area contributed by atoms with Gasteiger partial charge >= 0.3 is 0 Å². The summed E-state index contributed by atoms with van der Waals surface area (Å²) >= 11 is 0. The van der Waals surface area contributed by atoms with Gasteiger partial charge in [-0.25, -0.2) is 0 Å². The molecular formula is C10H21NO2. The average molecular weight is 187 g/mol. The molecule has 3 nitrogen and oxygen atoms in total.